The molecule has 4 heterocycles. The lowest BCUT2D eigenvalue weighted by Gasteiger charge is -2.08. The average Bonchev–Trinajstić information content (AvgIpc) is 4.14. The number of unbranched alkanes of at least 4 members (excludes halogenated alkanes) is 30. The van der Waals surface area contributed by atoms with Crippen LogP contribution in [0.3, 0.4) is 0 Å². The number of fused-ring (bicyclic) bond motifs is 5. The largest absolute Gasteiger partial charge is 0.172 e. The highest BCUT2D eigenvalue weighted by atomic mass is 32.1. The van der Waals surface area contributed by atoms with E-state index in [0.29, 0.717) is 0 Å². The van der Waals surface area contributed by atoms with Crippen molar-refractivity contribution in [2.24, 2.45) is 0 Å². The molecule has 4 aromatic heterocycles. The number of rotatable bonds is 36. The summed E-state index contributed by atoms with van der Waals surface area (Å²) in [6.45, 7) is 4.61. The molecule has 8 heteroatoms. The molecule has 0 N–H and O–H groups in total. The summed E-state index contributed by atoms with van der Waals surface area (Å²) in [6.07, 6.45) is 47.5. The van der Waals surface area contributed by atoms with Crippen LogP contribution < -0.4 is 0 Å². The molecular formula is C54H80N4S4. The van der Waals surface area contributed by atoms with E-state index in [1.54, 1.807) is 0 Å². The molecule has 0 saturated heterocycles. The molecule has 0 radical (unpaired) electrons. The smallest absolute Gasteiger partial charge is 0.114 e. The van der Waals surface area contributed by atoms with Gasteiger partial charge >= 0.3 is 0 Å². The number of nitrogens with zero attached hydrogens (tertiary/aromatic N) is 4. The summed E-state index contributed by atoms with van der Waals surface area (Å²) in [7, 11) is 0. The van der Waals surface area contributed by atoms with E-state index in [4.69, 9.17) is 17.5 Å². The fourth-order valence-corrected chi connectivity index (χ4v) is 12.6. The predicted octanol–water partition coefficient (Wildman–Crippen LogP) is 19.9. The van der Waals surface area contributed by atoms with Gasteiger partial charge in [-0.05, 0) is 71.8 Å². The van der Waals surface area contributed by atoms with Crippen molar-refractivity contribution in [2.75, 3.05) is 0 Å². The van der Waals surface area contributed by atoms with Gasteiger partial charge in [0.05, 0.1) is 23.5 Å². The van der Waals surface area contributed by atoms with Crippen LogP contribution in [0.4, 0.5) is 0 Å². The Balaban J connectivity index is 0.913. The maximum Gasteiger partial charge on any atom is 0.114 e. The van der Waals surface area contributed by atoms with Crippen LogP contribution in [0.2, 0.25) is 0 Å². The van der Waals surface area contributed by atoms with E-state index >= 15 is 0 Å². The maximum atomic E-state index is 4.90. The first-order chi connectivity index (χ1) is 30.8. The maximum absolute atomic E-state index is 4.90. The van der Waals surface area contributed by atoms with Crippen molar-refractivity contribution in [3.8, 4) is 20.9 Å². The topological polar surface area (TPSA) is 51.6 Å². The summed E-state index contributed by atoms with van der Waals surface area (Å²) in [5, 5.41) is 7.03. The molecule has 0 spiro atoms. The second-order valence-corrected chi connectivity index (χ2v) is 21.5. The van der Waals surface area contributed by atoms with Crippen LogP contribution in [0.1, 0.15) is 230 Å². The Bertz CT molecular complexity index is 1940. The van der Waals surface area contributed by atoms with E-state index in [0.717, 1.165) is 45.7 Å². The van der Waals surface area contributed by atoms with Crippen LogP contribution in [-0.4, -0.2) is 17.5 Å². The predicted molar refractivity (Wildman–Crippen MR) is 279 cm³/mol. The fraction of sp³-hybridized carbons (Fsp3) is 0.667. The van der Waals surface area contributed by atoms with Crippen LogP contribution in [0.5, 0.6) is 0 Å². The molecule has 0 aliphatic carbocycles. The first-order valence-electron chi connectivity index (χ1n) is 25.8. The van der Waals surface area contributed by atoms with Crippen LogP contribution >= 0.6 is 46.1 Å². The second-order valence-electron chi connectivity index (χ2n) is 18.6. The molecule has 340 valence electrons. The van der Waals surface area contributed by atoms with Crippen molar-refractivity contribution >= 4 is 79.0 Å². The molecule has 0 saturated carbocycles. The van der Waals surface area contributed by atoms with Crippen molar-refractivity contribution < 1.29 is 0 Å². The minimum Gasteiger partial charge on any atom is -0.172 e. The molecule has 0 atom stereocenters. The summed E-state index contributed by atoms with van der Waals surface area (Å²) >= 11 is 6.36. The van der Waals surface area contributed by atoms with E-state index in [1.807, 2.05) is 22.7 Å². The van der Waals surface area contributed by atoms with Gasteiger partial charge in [-0.15, -0.1) is 22.7 Å². The van der Waals surface area contributed by atoms with Gasteiger partial charge in [0.15, 0.2) is 0 Å². The molecule has 0 amide bonds. The number of hydrogen-bond donors (Lipinski definition) is 0. The summed E-state index contributed by atoms with van der Waals surface area (Å²) in [5.41, 5.74) is 9.30. The van der Waals surface area contributed by atoms with Gasteiger partial charge in [-0.25, -0.2) is 0 Å². The van der Waals surface area contributed by atoms with Crippen LogP contribution in [-0.2, 0) is 12.8 Å². The molecule has 0 aliphatic rings. The molecule has 2 aromatic carbocycles. The Labute approximate surface area is 393 Å². The minimum absolute atomic E-state index is 0.997. The van der Waals surface area contributed by atoms with E-state index in [-0.39, 0.29) is 0 Å². The van der Waals surface area contributed by atoms with Crippen molar-refractivity contribution in [3.05, 3.63) is 46.2 Å². The van der Waals surface area contributed by atoms with Crippen molar-refractivity contribution in [1.29, 1.82) is 0 Å². The molecule has 6 rings (SSSR count). The molecule has 0 unspecified atom stereocenters. The molecule has 0 aliphatic heterocycles. The van der Waals surface area contributed by atoms with Crippen LogP contribution in [0.15, 0.2) is 35.0 Å². The Morgan fingerprint density at radius 2 is 0.597 bits per heavy atom. The molecule has 62 heavy (non-hydrogen) atoms. The van der Waals surface area contributed by atoms with Crippen molar-refractivity contribution in [2.45, 2.75) is 232 Å². The second kappa shape index (κ2) is 29.3. The lowest BCUT2D eigenvalue weighted by Crippen LogP contribution is -1.87. The molecule has 6 aromatic rings. The van der Waals surface area contributed by atoms with Crippen LogP contribution in [0, 0.1) is 0 Å². The normalized spacial score (nSPS) is 12.0. The average molecular weight is 914 g/mol. The SMILES string of the molecule is CCCCCCCCCCCCCCCCCCc1csc(-c2cc3c(cc(-c4cc(CCCCCCCCCCCCCCCCCC)cs4)c4nsnc43)c3nsnc23)c1. The standard InChI is InChI=1S/C54H80N4S4/c1-3-5-7-9-11-13-15-17-19-21-23-25-27-29-31-33-35-43-37-49(59-41-43)47-39-45-46(51-53(47)57-61-55-51)40-48(54-52(45)56-62-58-54)50-38-44(42-60-50)36-34-32-30-28-26-24-22-20-18-16-14-12-10-8-6-4-2/h37-42H,3-36H2,1-2H3. The third-order valence-corrected chi connectivity index (χ3v) is 16.4. The first-order valence-corrected chi connectivity index (χ1v) is 29.0. The van der Waals surface area contributed by atoms with Gasteiger partial charge in [0.1, 0.15) is 22.1 Å². The highest BCUT2D eigenvalue weighted by molar-refractivity contribution is 7.14. The quantitative estimate of drug-likeness (QED) is 0.0369. The molecular weight excluding hydrogens is 833 g/mol. The van der Waals surface area contributed by atoms with E-state index in [2.05, 4.69) is 48.9 Å². The zero-order valence-electron chi connectivity index (χ0n) is 38.9. The van der Waals surface area contributed by atoms with Gasteiger partial charge in [0.25, 0.3) is 0 Å². The highest BCUT2D eigenvalue weighted by Gasteiger charge is 2.20. The lowest BCUT2D eigenvalue weighted by atomic mass is 9.98. The summed E-state index contributed by atoms with van der Waals surface area (Å²) < 4.78 is 19.5. The Morgan fingerprint density at radius 3 is 0.903 bits per heavy atom. The highest BCUT2D eigenvalue weighted by Crippen LogP contribution is 2.43. The minimum atomic E-state index is 0.997. The van der Waals surface area contributed by atoms with Crippen molar-refractivity contribution in [1.82, 2.24) is 17.5 Å². The molecule has 0 fully saturated rings. The zero-order valence-corrected chi connectivity index (χ0v) is 42.2. The molecule has 0 bridgehead atoms. The monoisotopic (exact) mass is 913 g/mol. The lowest BCUT2D eigenvalue weighted by molar-refractivity contribution is 0.529. The van der Waals surface area contributed by atoms with Gasteiger partial charge in [-0.2, -0.15) is 17.5 Å². The summed E-state index contributed by atoms with van der Waals surface area (Å²) in [5.74, 6) is 0. The number of aromatic nitrogens is 4. The van der Waals surface area contributed by atoms with E-state index in [9.17, 15) is 0 Å². The van der Waals surface area contributed by atoms with Gasteiger partial charge in [-0.3, -0.25) is 0 Å². The van der Waals surface area contributed by atoms with Crippen molar-refractivity contribution in [3.63, 3.8) is 0 Å². The zero-order chi connectivity index (χ0) is 42.9. The third-order valence-electron chi connectivity index (χ3n) is 13.3. The van der Waals surface area contributed by atoms with E-state index in [1.165, 1.54) is 261 Å². The van der Waals surface area contributed by atoms with Gasteiger partial charge in [-0.1, -0.05) is 206 Å². The number of benzene rings is 2. The Morgan fingerprint density at radius 1 is 0.323 bits per heavy atom. The summed E-state index contributed by atoms with van der Waals surface area (Å²) in [6, 6.07) is 9.47. The number of hydrogen-bond acceptors (Lipinski definition) is 8. The third kappa shape index (κ3) is 16.0. The van der Waals surface area contributed by atoms with Gasteiger partial charge in [0, 0.05) is 31.7 Å². The van der Waals surface area contributed by atoms with Gasteiger partial charge < -0.3 is 0 Å². The fourth-order valence-electron chi connectivity index (χ4n) is 9.48. The molecule has 4 nitrogen and oxygen atoms in total. The first kappa shape index (κ1) is 49.2. The number of thiophene rings is 2. The Hall–Kier alpha value is -2.26. The Kier molecular flexibility index (Phi) is 23.2. The summed E-state index contributed by atoms with van der Waals surface area (Å²) in [4.78, 5) is 2.57. The van der Waals surface area contributed by atoms with E-state index < -0.39 is 0 Å². The number of aryl methyl sites for hydroxylation is 2. The van der Waals surface area contributed by atoms with Crippen LogP contribution in [0.25, 0.3) is 53.7 Å². The van der Waals surface area contributed by atoms with Gasteiger partial charge in [0.2, 0.25) is 0 Å².